The van der Waals surface area contributed by atoms with Crippen LogP contribution < -0.4 is 5.73 Å². The number of thiazole rings is 1. The lowest BCUT2D eigenvalue weighted by Crippen LogP contribution is -2.02. The van der Waals surface area contributed by atoms with Crippen molar-refractivity contribution in [3.05, 3.63) is 65.0 Å². The summed E-state index contributed by atoms with van der Waals surface area (Å²) in [5.74, 6) is 0. The van der Waals surface area contributed by atoms with Crippen LogP contribution in [0.1, 0.15) is 5.01 Å². The summed E-state index contributed by atoms with van der Waals surface area (Å²) in [6, 6.07) is 19.3. The molecular formula is C19H16N2S. The fourth-order valence-electron chi connectivity index (χ4n) is 2.95. The third-order valence-electron chi connectivity index (χ3n) is 3.94. The van der Waals surface area contributed by atoms with E-state index in [0.29, 0.717) is 6.54 Å². The first-order valence-electron chi connectivity index (χ1n) is 7.42. The molecular weight excluding hydrogens is 288 g/mol. The summed E-state index contributed by atoms with van der Waals surface area (Å²) in [5.41, 5.74) is 7.94. The summed E-state index contributed by atoms with van der Waals surface area (Å²) in [7, 11) is 0. The Bertz CT molecular complexity index is 902. The molecule has 3 heteroatoms. The van der Waals surface area contributed by atoms with E-state index in [1.807, 2.05) is 0 Å². The molecule has 0 aliphatic rings. The zero-order chi connectivity index (χ0) is 14.9. The quantitative estimate of drug-likeness (QED) is 0.561. The maximum Gasteiger partial charge on any atom is 0.0945 e. The van der Waals surface area contributed by atoms with Crippen molar-refractivity contribution in [3.63, 3.8) is 0 Å². The second-order valence-corrected chi connectivity index (χ2v) is 6.30. The number of aromatic nitrogens is 1. The standard InChI is InChI=1S/C19H16N2S/c20-10-9-18-21-17(12-22-18)19-15-7-3-1-5-13(15)11-14-6-2-4-8-16(14)19/h1-8,11-12H,9-10,20H2. The van der Waals surface area contributed by atoms with E-state index in [1.165, 1.54) is 27.1 Å². The molecule has 0 saturated heterocycles. The van der Waals surface area contributed by atoms with Gasteiger partial charge in [0.1, 0.15) is 0 Å². The van der Waals surface area contributed by atoms with Crippen LogP contribution in [0, 0.1) is 0 Å². The van der Waals surface area contributed by atoms with Gasteiger partial charge in [-0.1, -0.05) is 48.5 Å². The monoisotopic (exact) mass is 304 g/mol. The summed E-state index contributed by atoms with van der Waals surface area (Å²) in [6.07, 6.45) is 0.841. The molecule has 0 aliphatic heterocycles. The van der Waals surface area contributed by atoms with Crippen LogP contribution in [-0.4, -0.2) is 11.5 Å². The maximum atomic E-state index is 5.66. The molecule has 2 N–H and O–H groups in total. The van der Waals surface area contributed by atoms with E-state index in [2.05, 4.69) is 60.0 Å². The lowest BCUT2D eigenvalue weighted by molar-refractivity contribution is 0.954. The number of nitrogens with zero attached hydrogens (tertiary/aromatic N) is 1. The highest BCUT2D eigenvalue weighted by atomic mass is 32.1. The van der Waals surface area contributed by atoms with E-state index < -0.39 is 0 Å². The second-order valence-electron chi connectivity index (χ2n) is 5.36. The molecule has 4 aromatic rings. The Kier molecular flexibility index (Phi) is 3.37. The third kappa shape index (κ3) is 2.19. The highest BCUT2D eigenvalue weighted by Gasteiger charge is 2.12. The minimum atomic E-state index is 0.642. The molecule has 0 aliphatic carbocycles. The number of fused-ring (bicyclic) bond motifs is 2. The van der Waals surface area contributed by atoms with E-state index >= 15 is 0 Å². The topological polar surface area (TPSA) is 38.9 Å². The van der Waals surface area contributed by atoms with Crippen molar-refractivity contribution >= 4 is 32.9 Å². The molecule has 0 fully saturated rings. The van der Waals surface area contributed by atoms with Gasteiger partial charge in [-0.15, -0.1) is 11.3 Å². The largest absolute Gasteiger partial charge is 0.330 e. The van der Waals surface area contributed by atoms with Crippen molar-refractivity contribution in [1.29, 1.82) is 0 Å². The van der Waals surface area contributed by atoms with Gasteiger partial charge in [-0.05, 0) is 34.2 Å². The van der Waals surface area contributed by atoms with E-state index in [-0.39, 0.29) is 0 Å². The molecule has 0 amide bonds. The van der Waals surface area contributed by atoms with Crippen LogP contribution in [0.4, 0.5) is 0 Å². The molecule has 3 aromatic carbocycles. The summed E-state index contributed by atoms with van der Waals surface area (Å²) in [5, 5.41) is 8.28. The van der Waals surface area contributed by atoms with E-state index in [4.69, 9.17) is 10.7 Å². The molecule has 22 heavy (non-hydrogen) atoms. The third-order valence-corrected chi connectivity index (χ3v) is 4.85. The molecule has 0 atom stereocenters. The zero-order valence-electron chi connectivity index (χ0n) is 12.1. The minimum absolute atomic E-state index is 0.642. The fourth-order valence-corrected chi connectivity index (χ4v) is 3.76. The molecule has 108 valence electrons. The first kappa shape index (κ1) is 13.4. The Hall–Kier alpha value is -2.23. The first-order valence-corrected chi connectivity index (χ1v) is 8.30. The van der Waals surface area contributed by atoms with Crippen molar-refractivity contribution in [2.75, 3.05) is 6.54 Å². The van der Waals surface area contributed by atoms with Gasteiger partial charge in [0, 0.05) is 17.4 Å². The summed E-state index contributed by atoms with van der Waals surface area (Å²) in [6.45, 7) is 0.642. The van der Waals surface area contributed by atoms with Crippen molar-refractivity contribution in [1.82, 2.24) is 4.98 Å². The normalized spacial score (nSPS) is 11.3. The maximum absolute atomic E-state index is 5.66. The van der Waals surface area contributed by atoms with Crippen molar-refractivity contribution < 1.29 is 0 Å². The number of hydrogen-bond donors (Lipinski definition) is 1. The molecule has 0 bridgehead atoms. The first-order chi connectivity index (χ1) is 10.9. The van der Waals surface area contributed by atoms with Crippen LogP contribution in [0.3, 0.4) is 0 Å². The van der Waals surface area contributed by atoms with Gasteiger partial charge in [-0.2, -0.15) is 0 Å². The number of benzene rings is 3. The Morgan fingerprint density at radius 3 is 2.18 bits per heavy atom. The van der Waals surface area contributed by atoms with E-state index in [9.17, 15) is 0 Å². The van der Waals surface area contributed by atoms with Crippen LogP contribution in [0.25, 0.3) is 32.8 Å². The van der Waals surface area contributed by atoms with Crippen molar-refractivity contribution in [2.24, 2.45) is 5.73 Å². The number of nitrogens with two attached hydrogens (primary N) is 1. The Labute approximate surface area is 133 Å². The van der Waals surface area contributed by atoms with Gasteiger partial charge in [0.15, 0.2) is 0 Å². The van der Waals surface area contributed by atoms with Crippen molar-refractivity contribution in [3.8, 4) is 11.3 Å². The number of rotatable bonds is 3. The smallest absolute Gasteiger partial charge is 0.0945 e. The predicted octanol–water partition coefficient (Wildman–Crippen LogP) is 4.62. The Morgan fingerprint density at radius 2 is 1.55 bits per heavy atom. The van der Waals surface area contributed by atoms with Gasteiger partial charge in [-0.3, -0.25) is 0 Å². The molecule has 1 aromatic heterocycles. The van der Waals surface area contributed by atoms with E-state index in [1.54, 1.807) is 11.3 Å². The number of hydrogen-bond acceptors (Lipinski definition) is 3. The van der Waals surface area contributed by atoms with Crippen molar-refractivity contribution in [2.45, 2.75) is 6.42 Å². The molecule has 1 heterocycles. The SMILES string of the molecule is NCCc1nc(-c2c3ccccc3cc3ccccc23)cs1. The lowest BCUT2D eigenvalue weighted by atomic mass is 9.95. The van der Waals surface area contributed by atoms with Crippen LogP contribution >= 0.6 is 11.3 Å². The molecule has 0 radical (unpaired) electrons. The van der Waals surface area contributed by atoms with Crippen LogP contribution in [-0.2, 0) is 6.42 Å². The van der Waals surface area contributed by atoms with Gasteiger partial charge in [0.25, 0.3) is 0 Å². The molecule has 4 rings (SSSR count). The Balaban J connectivity index is 2.07. The summed E-state index contributed by atoms with van der Waals surface area (Å²) < 4.78 is 0. The highest BCUT2D eigenvalue weighted by molar-refractivity contribution is 7.10. The predicted molar refractivity (Wildman–Crippen MR) is 95.3 cm³/mol. The minimum Gasteiger partial charge on any atom is -0.330 e. The average molecular weight is 304 g/mol. The molecule has 0 spiro atoms. The van der Waals surface area contributed by atoms with Gasteiger partial charge in [0.05, 0.1) is 10.7 Å². The molecule has 2 nitrogen and oxygen atoms in total. The fraction of sp³-hybridized carbons (Fsp3) is 0.105. The van der Waals surface area contributed by atoms with Gasteiger partial charge >= 0.3 is 0 Å². The zero-order valence-corrected chi connectivity index (χ0v) is 12.9. The Morgan fingerprint density at radius 1 is 0.909 bits per heavy atom. The highest BCUT2D eigenvalue weighted by Crippen LogP contribution is 2.36. The molecule has 0 unspecified atom stereocenters. The lowest BCUT2D eigenvalue weighted by Gasteiger charge is -2.09. The summed E-state index contributed by atoms with van der Waals surface area (Å²) >= 11 is 1.69. The van der Waals surface area contributed by atoms with Gasteiger partial charge in [0.2, 0.25) is 0 Å². The average Bonchev–Trinajstić information content (AvgIpc) is 3.01. The van der Waals surface area contributed by atoms with Gasteiger partial charge < -0.3 is 5.73 Å². The van der Waals surface area contributed by atoms with Gasteiger partial charge in [-0.25, -0.2) is 4.98 Å². The second kappa shape index (κ2) is 5.52. The van der Waals surface area contributed by atoms with Crippen LogP contribution in [0.2, 0.25) is 0 Å². The van der Waals surface area contributed by atoms with Crippen LogP contribution in [0.5, 0.6) is 0 Å². The summed E-state index contributed by atoms with van der Waals surface area (Å²) in [4.78, 5) is 4.81. The van der Waals surface area contributed by atoms with E-state index in [0.717, 1.165) is 17.1 Å². The van der Waals surface area contributed by atoms with Crippen LogP contribution in [0.15, 0.2) is 60.0 Å². The molecule has 0 saturated carbocycles.